The van der Waals surface area contributed by atoms with Gasteiger partial charge in [-0.05, 0) is 31.0 Å². The highest BCUT2D eigenvalue weighted by atomic mass is 35.5. The molecule has 1 fully saturated rings. The summed E-state index contributed by atoms with van der Waals surface area (Å²) in [5, 5.41) is 15.2. The van der Waals surface area contributed by atoms with Gasteiger partial charge < -0.3 is 24.6 Å². The summed E-state index contributed by atoms with van der Waals surface area (Å²) >= 11 is 12.0. The average molecular weight is 476 g/mol. The Morgan fingerprint density at radius 1 is 1.19 bits per heavy atom. The molecular formula is C24H27Cl2N3O3. The molecule has 1 aliphatic heterocycles. The lowest BCUT2D eigenvalue weighted by atomic mass is 10.1. The molecule has 2 N–H and O–H groups in total. The lowest BCUT2D eigenvalue weighted by Gasteiger charge is -2.33. The molecule has 2 heterocycles. The Hall–Kier alpha value is -2.25. The van der Waals surface area contributed by atoms with Crippen molar-refractivity contribution >= 4 is 40.0 Å². The summed E-state index contributed by atoms with van der Waals surface area (Å²) in [6.45, 7) is 2.36. The smallest absolute Gasteiger partial charge is 0.253 e. The average Bonchev–Trinajstić information content (AvgIpc) is 3.13. The van der Waals surface area contributed by atoms with Crippen molar-refractivity contribution in [2.45, 2.75) is 25.0 Å². The SMILES string of the molecule is Cn1cc(C(=O)NC[C@@H](O)CN2CCC(Oc3ccc(Cl)c(Cl)c3)CC2)c2ccccc21. The van der Waals surface area contributed by atoms with Gasteiger partial charge in [-0.1, -0.05) is 41.4 Å². The number of piperidine rings is 1. The third-order valence-corrected chi connectivity index (χ3v) is 6.58. The quantitative estimate of drug-likeness (QED) is 0.539. The molecule has 3 aromatic rings. The largest absolute Gasteiger partial charge is 0.490 e. The number of hydrogen-bond donors (Lipinski definition) is 2. The molecule has 170 valence electrons. The van der Waals surface area contributed by atoms with Crippen LogP contribution >= 0.6 is 23.2 Å². The second-order valence-corrected chi connectivity index (χ2v) is 9.04. The maximum Gasteiger partial charge on any atom is 0.253 e. The molecule has 0 saturated carbocycles. The minimum atomic E-state index is -0.638. The molecule has 0 radical (unpaired) electrons. The minimum absolute atomic E-state index is 0.103. The van der Waals surface area contributed by atoms with Crippen molar-refractivity contribution < 1.29 is 14.6 Å². The Morgan fingerprint density at radius 2 is 1.94 bits per heavy atom. The summed E-state index contributed by atoms with van der Waals surface area (Å²) in [7, 11) is 1.92. The number of likely N-dealkylation sites (tertiary alicyclic amines) is 1. The summed E-state index contributed by atoms with van der Waals surface area (Å²) in [5.74, 6) is 0.545. The number of aliphatic hydroxyl groups excluding tert-OH is 1. The van der Waals surface area contributed by atoms with Crippen LogP contribution in [0.15, 0.2) is 48.7 Å². The maximum atomic E-state index is 12.6. The third kappa shape index (κ3) is 5.38. The Labute approximate surface area is 197 Å². The standard InChI is InChI=1S/C24H27Cl2N3O3/c1-28-15-20(19-4-2-3-5-23(19)28)24(31)27-13-16(30)14-29-10-8-17(9-11-29)32-18-6-7-21(25)22(26)12-18/h2-7,12,15-17,30H,8-11,13-14H2,1H3,(H,27,31)/t16-/m1/s1. The van der Waals surface area contributed by atoms with E-state index in [0.29, 0.717) is 27.9 Å². The molecular weight excluding hydrogens is 449 g/mol. The number of amides is 1. The Balaban J connectivity index is 1.22. The first-order valence-corrected chi connectivity index (χ1v) is 11.5. The van der Waals surface area contributed by atoms with Gasteiger partial charge in [0.15, 0.2) is 0 Å². The lowest BCUT2D eigenvalue weighted by molar-refractivity contribution is 0.0594. The number of para-hydroxylation sites is 1. The summed E-state index contributed by atoms with van der Waals surface area (Å²) in [4.78, 5) is 14.8. The van der Waals surface area contributed by atoms with Crippen molar-refractivity contribution in [3.8, 4) is 5.75 Å². The zero-order valence-electron chi connectivity index (χ0n) is 17.9. The van der Waals surface area contributed by atoms with Crippen LogP contribution in [-0.2, 0) is 7.05 Å². The third-order valence-electron chi connectivity index (χ3n) is 5.84. The fourth-order valence-electron chi connectivity index (χ4n) is 4.14. The molecule has 1 atom stereocenters. The zero-order chi connectivity index (χ0) is 22.7. The van der Waals surface area contributed by atoms with Crippen LogP contribution in [0.1, 0.15) is 23.2 Å². The van der Waals surface area contributed by atoms with Crippen LogP contribution in [0.4, 0.5) is 0 Å². The normalized spacial score (nSPS) is 16.2. The van der Waals surface area contributed by atoms with Crippen LogP contribution in [0.3, 0.4) is 0 Å². The van der Waals surface area contributed by atoms with Crippen molar-refractivity contribution in [1.29, 1.82) is 0 Å². The highest BCUT2D eigenvalue weighted by Gasteiger charge is 2.23. The Morgan fingerprint density at radius 3 is 2.69 bits per heavy atom. The molecule has 1 amide bonds. The molecule has 32 heavy (non-hydrogen) atoms. The number of hydrogen-bond acceptors (Lipinski definition) is 4. The number of aromatic nitrogens is 1. The van der Waals surface area contributed by atoms with Crippen LogP contribution in [0, 0.1) is 0 Å². The summed E-state index contributed by atoms with van der Waals surface area (Å²) in [6, 6.07) is 13.1. The first-order valence-electron chi connectivity index (χ1n) is 10.7. The number of benzene rings is 2. The van der Waals surface area contributed by atoms with Gasteiger partial charge in [0.25, 0.3) is 5.91 Å². The van der Waals surface area contributed by atoms with E-state index in [1.165, 1.54) is 0 Å². The molecule has 0 aliphatic carbocycles. The monoisotopic (exact) mass is 475 g/mol. The number of fused-ring (bicyclic) bond motifs is 1. The van der Waals surface area contributed by atoms with Gasteiger partial charge in [0.2, 0.25) is 0 Å². The molecule has 1 saturated heterocycles. The number of carbonyl (C=O) groups is 1. The van der Waals surface area contributed by atoms with Crippen molar-refractivity contribution in [1.82, 2.24) is 14.8 Å². The molecule has 0 bridgehead atoms. The van der Waals surface area contributed by atoms with E-state index in [0.717, 1.165) is 36.8 Å². The van der Waals surface area contributed by atoms with Gasteiger partial charge in [-0.15, -0.1) is 0 Å². The van der Waals surface area contributed by atoms with Gasteiger partial charge in [0.05, 0.1) is 21.7 Å². The molecule has 2 aromatic carbocycles. The van der Waals surface area contributed by atoms with Gasteiger partial charge in [0, 0.05) is 56.4 Å². The minimum Gasteiger partial charge on any atom is -0.490 e. The van der Waals surface area contributed by atoms with Crippen molar-refractivity contribution in [2.75, 3.05) is 26.2 Å². The number of aliphatic hydroxyl groups is 1. The first kappa shape index (κ1) is 22.9. The van der Waals surface area contributed by atoms with E-state index in [-0.39, 0.29) is 18.6 Å². The van der Waals surface area contributed by atoms with Crippen LogP contribution in [-0.4, -0.2) is 58.9 Å². The van der Waals surface area contributed by atoms with Gasteiger partial charge in [0.1, 0.15) is 11.9 Å². The van der Waals surface area contributed by atoms with Crippen molar-refractivity contribution in [3.63, 3.8) is 0 Å². The Kier molecular flexibility index (Phi) is 7.26. The van der Waals surface area contributed by atoms with E-state index in [4.69, 9.17) is 27.9 Å². The Bertz CT molecular complexity index is 1090. The molecule has 8 heteroatoms. The van der Waals surface area contributed by atoms with Crippen LogP contribution < -0.4 is 10.1 Å². The van der Waals surface area contributed by atoms with Crippen molar-refractivity contribution in [2.24, 2.45) is 7.05 Å². The van der Waals surface area contributed by atoms with E-state index >= 15 is 0 Å². The number of rotatable bonds is 7. The molecule has 1 aliphatic rings. The second kappa shape index (κ2) is 10.1. The molecule has 6 nitrogen and oxygen atoms in total. The number of aryl methyl sites for hydroxylation is 1. The molecule has 4 rings (SSSR count). The van der Waals surface area contributed by atoms with E-state index in [1.807, 2.05) is 48.1 Å². The predicted octanol–water partition coefficient (Wildman–Crippen LogP) is 4.12. The number of carbonyl (C=O) groups excluding carboxylic acids is 1. The summed E-state index contributed by atoms with van der Waals surface area (Å²) < 4.78 is 7.95. The first-order chi connectivity index (χ1) is 15.4. The van der Waals surface area contributed by atoms with E-state index in [9.17, 15) is 9.90 Å². The predicted molar refractivity (Wildman–Crippen MR) is 128 cm³/mol. The summed E-state index contributed by atoms with van der Waals surface area (Å²) in [6.07, 6.45) is 3.00. The fraction of sp³-hybridized carbons (Fsp3) is 0.375. The van der Waals surface area contributed by atoms with E-state index in [1.54, 1.807) is 12.1 Å². The lowest BCUT2D eigenvalue weighted by Crippen LogP contribution is -2.45. The molecule has 0 unspecified atom stereocenters. The maximum absolute atomic E-state index is 12.6. The van der Waals surface area contributed by atoms with Crippen LogP contribution in [0.5, 0.6) is 5.75 Å². The molecule has 1 aromatic heterocycles. The van der Waals surface area contributed by atoms with Crippen LogP contribution in [0.25, 0.3) is 10.9 Å². The van der Waals surface area contributed by atoms with Gasteiger partial charge in [-0.25, -0.2) is 0 Å². The highest BCUT2D eigenvalue weighted by molar-refractivity contribution is 6.42. The van der Waals surface area contributed by atoms with Gasteiger partial charge >= 0.3 is 0 Å². The van der Waals surface area contributed by atoms with E-state index in [2.05, 4.69) is 10.2 Å². The van der Waals surface area contributed by atoms with Gasteiger partial charge in [-0.3, -0.25) is 4.79 Å². The zero-order valence-corrected chi connectivity index (χ0v) is 19.4. The van der Waals surface area contributed by atoms with Crippen LogP contribution in [0.2, 0.25) is 10.0 Å². The van der Waals surface area contributed by atoms with E-state index < -0.39 is 6.10 Å². The fourth-order valence-corrected chi connectivity index (χ4v) is 4.43. The number of β-amino-alcohol motifs (C(OH)–C–C–N with tert-alkyl or cyclic N) is 1. The van der Waals surface area contributed by atoms with Gasteiger partial charge in [-0.2, -0.15) is 0 Å². The second-order valence-electron chi connectivity index (χ2n) is 8.23. The summed E-state index contributed by atoms with van der Waals surface area (Å²) in [5.41, 5.74) is 1.62. The number of halogens is 2. The number of ether oxygens (including phenoxy) is 1. The topological polar surface area (TPSA) is 66.7 Å². The number of nitrogens with one attached hydrogen (secondary N) is 1. The number of nitrogens with zero attached hydrogens (tertiary/aromatic N) is 2. The molecule has 0 spiro atoms. The van der Waals surface area contributed by atoms with Crippen molar-refractivity contribution in [3.05, 3.63) is 64.3 Å². The highest BCUT2D eigenvalue weighted by Crippen LogP contribution is 2.28.